The van der Waals surface area contributed by atoms with Crippen LogP contribution in [0, 0.1) is 0 Å². The van der Waals surface area contributed by atoms with Gasteiger partial charge in [-0.3, -0.25) is 9.59 Å². The van der Waals surface area contributed by atoms with Crippen LogP contribution in [0.3, 0.4) is 0 Å². The third-order valence-corrected chi connectivity index (χ3v) is 4.60. The fraction of sp³-hybridized carbons (Fsp3) is 0.409. The Labute approximate surface area is 165 Å². The van der Waals surface area contributed by atoms with Gasteiger partial charge in [-0.2, -0.15) is 0 Å². The van der Waals surface area contributed by atoms with Gasteiger partial charge >= 0.3 is 0 Å². The molecule has 1 aliphatic rings. The first-order valence-corrected chi connectivity index (χ1v) is 9.69. The Balaban J connectivity index is 1.55. The zero-order valence-corrected chi connectivity index (χ0v) is 16.4. The minimum Gasteiger partial charge on any atom is -0.494 e. The number of amides is 1. The molecule has 1 aliphatic heterocycles. The Morgan fingerprint density at radius 1 is 1.11 bits per heavy atom. The van der Waals surface area contributed by atoms with Crippen LogP contribution in [-0.2, 0) is 11.2 Å². The number of aromatic nitrogens is 1. The average Bonchev–Trinajstić information content (AvgIpc) is 2.68. The summed E-state index contributed by atoms with van der Waals surface area (Å²) >= 11 is 0. The summed E-state index contributed by atoms with van der Waals surface area (Å²) in [6.45, 7) is 5.32. The highest BCUT2D eigenvalue weighted by Gasteiger charge is 2.25. The third kappa shape index (κ3) is 5.31. The number of likely N-dealkylation sites (tertiary alicyclic amines) is 1. The van der Waals surface area contributed by atoms with Gasteiger partial charge in [-0.1, -0.05) is 12.1 Å². The summed E-state index contributed by atoms with van der Waals surface area (Å²) in [4.78, 5) is 30.2. The van der Waals surface area contributed by atoms with Crippen LogP contribution in [0.25, 0.3) is 0 Å². The highest BCUT2D eigenvalue weighted by molar-refractivity contribution is 5.92. The molecule has 3 rings (SSSR count). The van der Waals surface area contributed by atoms with Gasteiger partial charge in [-0.15, -0.1) is 0 Å². The van der Waals surface area contributed by atoms with Crippen molar-refractivity contribution in [3.8, 4) is 11.5 Å². The maximum absolute atomic E-state index is 12.7. The molecule has 0 saturated carbocycles. The van der Waals surface area contributed by atoms with Gasteiger partial charge in [-0.05, 0) is 38.1 Å². The molecule has 0 atom stereocenters. The van der Waals surface area contributed by atoms with Crippen LogP contribution in [0.5, 0.6) is 11.5 Å². The van der Waals surface area contributed by atoms with Crippen molar-refractivity contribution in [3.63, 3.8) is 0 Å². The second-order valence-corrected chi connectivity index (χ2v) is 6.91. The second kappa shape index (κ2) is 9.35. The summed E-state index contributed by atoms with van der Waals surface area (Å²) in [5.41, 5.74) is 1.02. The molecule has 0 bridgehead atoms. The number of Topliss-reactive ketones (excluding diaryl/α,β-unsaturated/α-hetero) is 1. The van der Waals surface area contributed by atoms with E-state index >= 15 is 0 Å². The fourth-order valence-electron chi connectivity index (χ4n) is 3.29. The number of ether oxygens (including phenoxy) is 2. The monoisotopic (exact) mass is 382 g/mol. The van der Waals surface area contributed by atoms with Crippen molar-refractivity contribution in [1.29, 1.82) is 0 Å². The molecule has 1 fully saturated rings. The van der Waals surface area contributed by atoms with Gasteiger partial charge in [0.2, 0.25) is 0 Å². The number of pyridine rings is 1. The molecule has 0 spiro atoms. The third-order valence-electron chi connectivity index (χ3n) is 4.60. The van der Waals surface area contributed by atoms with Gasteiger partial charge in [-0.25, -0.2) is 4.98 Å². The molecule has 6 nitrogen and oxygen atoms in total. The molecule has 0 radical (unpaired) electrons. The number of benzene rings is 1. The zero-order valence-electron chi connectivity index (χ0n) is 16.4. The Kier molecular flexibility index (Phi) is 6.63. The maximum atomic E-state index is 12.7. The topological polar surface area (TPSA) is 68.7 Å². The van der Waals surface area contributed by atoms with Gasteiger partial charge in [0, 0.05) is 44.1 Å². The number of rotatable bonds is 7. The van der Waals surface area contributed by atoms with Crippen LogP contribution in [-0.4, -0.2) is 47.4 Å². The number of carbonyl (C=O) groups is 2. The summed E-state index contributed by atoms with van der Waals surface area (Å²) in [5, 5.41) is 0. The van der Waals surface area contributed by atoms with E-state index in [0.29, 0.717) is 31.1 Å². The van der Waals surface area contributed by atoms with E-state index in [1.807, 2.05) is 31.2 Å². The maximum Gasteiger partial charge on any atom is 0.272 e. The number of hydrogen-bond acceptors (Lipinski definition) is 5. The predicted molar refractivity (Wildman–Crippen MR) is 106 cm³/mol. The lowest BCUT2D eigenvalue weighted by atomic mass is 10.1. The lowest BCUT2D eigenvalue weighted by Crippen LogP contribution is -2.42. The van der Waals surface area contributed by atoms with Crippen molar-refractivity contribution >= 4 is 11.7 Å². The van der Waals surface area contributed by atoms with Gasteiger partial charge in [0.15, 0.2) is 0 Å². The number of carbonyl (C=O) groups excluding carboxylic acids is 2. The molecule has 1 aromatic heterocycles. The van der Waals surface area contributed by atoms with Crippen molar-refractivity contribution in [2.45, 2.75) is 39.2 Å². The quantitative estimate of drug-likeness (QED) is 0.735. The smallest absolute Gasteiger partial charge is 0.272 e. The Bertz CT molecular complexity index is 829. The van der Waals surface area contributed by atoms with Crippen LogP contribution in [0.4, 0.5) is 0 Å². The first kappa shape index (κ1) is 19.9. The molecule has 1 amide bonds. The largest absolute Gasteiger partial charge is 0.494 e. The number of nitrogens with zero attached hydrogens (tertiary/aromatic N) is 2. The molecule has 0 N–H and O–H groups in total. The van der Waals surface area contributed by atoms with Gasteiger partial charge in [0.25, 0.3) is 5.91 Å². The van der Waals surface area contributed by atoms with Crippen LogP contribution < -0.4 is 9.47 Å². The average molecular weight is 382 g/mol. The first-order valence-electron chi connectivity index (χ1n) is 9.69. The van der Waals surface area contributed by atoms with Crippen molar-refractivity contribution in [1.82, 2.24) is 9.88 Å². The molecule has 28 heavy (non-hydrogen) atoms. The van der Waals surface area contributed by atoms with E-state index in [2.05, 4.69) is 4.98 Å². The number of hydrogen-bond donors (Lipinski definition) is 0. The van der Waals surface area contributed by atoms with E-state index in [9.17, 15) is 9.59 Å². The lowest BCUT2D eigenvalue weighted by Gasteiger charge is -2.32. The van der Waals surface area contributed by atoms with Crippen LogP contribution in [0.15, 0.2) is 42.5 Å². The highest BCUT2D eigenvalue weighted by atomic mass is 16.5. The number of ketones is 1. The van der Waals surface area contributed by atoms with E-state index in [-0.39, 0.29) is 24.2 Å². The normalized spacial score (nSPS) is 14.6. The SMILES string of the molecule is CCOc1cccc(OC2CCN(C(=O)c3cccc(CC(C)=O)n3)CC2)c1. The lowest BCUT2D eigenvalue weighted by molar-refractivity contribution is -0.116. The van der Waals surface area contributed by atoms with E-state index in [1.54, 1.807) is 23.1 Å². The Hall–Kier alpha value is -2.89. The summed E-state index contributed by atoms with van der Waals surface area (Å²) < 4.78 is 11.6. The Morgan fingerprint density at radius 2 is 1.82 bits per heavy atom. The summed E-state index contributed by atoms with van der Waals surface area (Å²) in [7, 11) is 0. The summed E-state index contributed by atoms with van der Waals surface area (Å²) in [5.74, 6) is 1.52. The van der Waals surface area contributed by atoms with Crippen LogP contribution in [0.1, 0.15) is 42.9 Å². The molecule has 1 aromatic carbocycles. The van der Waals surface area contributed by atoms with E-state index < -0.39 is 0 Å². The van der Waals surface area contributed by atoms with Crippen molar-refractivity contribution in [3.05, 3.63) is 53.9 Å². The molecular weight excluding hydrogens is 356 g/mol. The molecule has 0 aliphatic carbocycles. The molecule has 1 saturated heterocycles. The molecule has 2 heterocycles. The number of piperidine rings is 1. The second-order valence-electron chi connectivity index (χ2n) is 6.91. The predicted octanol–water partition coefficient (Wildman–Crippen LogP) is 3.30. The van der Waals surface area contributed by atoms with Gasteiger partial charge < -0.3 is 14.4 Å². The van der Waals surface area contributed by atoms with Crippen molar-refractivity contribution in [2.24, 2.45) is 0 Å². The summed E-state index contributed by atoms with van der Waals surface area (Å²) in [6, 6.07) is 12.9. The van der Waals surface area contributed by atoms with Crippen LogP contribution >= 0.6 is 0 Å². The minimum absolute atomic E-state index is 0.0310. The van der Waals surface area contributed by atoms with Crippen LogP contribution in [0.2, 0.25) is 0 Å². The zero-order chi connectivity index (χ0) is 19.9. The minimum atomic E-state index is -0.0952. The summed E-state index contributed by atoms with van der Waals surface area (Å²) in [6.07, 6.45) is 1.84. The fourth-order valence-corrected chi connectivity index (χ4v) is 3.29. The molecule has 2 aromatic rings. The Morgan fingerprint density at radius 3 is 2.54 bits per heavy atom. The van der Waals surface area contributed by atoms with E-state index in [0.717, 1.165) is 24.3 Å². The van der Waals surface area contributed by atoms with Gasteiger partial charge in [0.1, 0.15) is 29.1 Å². The van der Waals surface area contributed by atoms with Crippen molar-refractivity contribution in [2.75, 3.05) is 19.7 Å². The highest BCUT2D eigenvalue weighted by Crippen LogP contribution is 2.24. The molecule has 6 heteroatoms. The molecule has 148 valence electrons. The van der Waals surface area contributed by atoms with E-state index in [1.165, 1.54) is 6.92 Å². The van der Waals surface area contributed by atoms with Gasteiger partial charge in [0.05, 0.1) is 6.61 Å². The van der Waals surface area contributed by atoms with E-state index in [4.69, 9.17) is 9.47 Å². The van der Waals surface area contributed by atoms with Crippen molar-refractivity contribution < 1.29 is 19.1 Å². The standard InChI is InChI=1S/C22H26N2O4/c1-3-27-19-7-5-8-20(15-19)28-18-10-12-24(13-11-18)22(26)21-9-4-6-17(23-21)14-16(2)25/h4-9,15,18H,3,10-14H2,1-2H3. The molecule has 0 unspecified atom stereocenters. The molecular formula is C22H26N2O4. The first-order chi connectivity index (χ1) is 13.5.